The molecular formula is C13H25N5O4. The number of carboxylic acids is 1. The molecule has 4 N–H and O–H groups in total. The lowest BCUT2D eigenvalue weighted by Gasteiger charge is -2.12. The van der Waals surface area contributed by atoms with Crippen molar-refractivity contribution in [2.75, 3.05) is 52.5 Å². The topological polar surface area (TPSA) is 123 Å². The number of rotatable bonds is 7. The van der Waals surface area contributed by atoms with Crippen molar-refractivity contribution in [3.63, 3.8) is 0 Å². The van der Waals surface area contributed by atoms with Gasteiger partial charge in [-0.1, -0.05) is 0 Å². The van der Waals surface area contributed by atoms with Gasteiger partial charge in [0.15, 0.2) is 5.69 Å². The zero-order chi connectivity index (χ0) is 17.1. The molecule has 0 amide bonds. The van der Waals surface area contributed by atoms with E-state index in [1.165, 1.54) is 14.2 Å². The first-order valence-corrected chi connectivity index (χ1v) is 6.65. The van der Waals surface area contributed by atoms with Gasteiger partial charge in [-0.3, -0.25) is 4.79 Å². The number of hydrogen-bond acceptors (Lipinski definition) is 8. The third-order valence-electron chi connectivity index (χ3n) is 2.33. The largest absolute Gasteiger partial charge is 0.481 e. The van der Waals surface area contributed by atoms with Crippen LogP contribution in [0.4, 0.5) is 11.6 Å². The average Bonchev–Trinajstić information content (AvgIpc) is 2.44. The molecule has 0 aliphatic heterocycles. The Morgan fingerprint density at radius 3 is 2.09 bits per heavy atom. The molecule has 0 unspecified atom stereocenters. The summed E-state index contributed by atoms with van der Waals surface area (Å²) in [5.41, 5.74) is 6.06. The summed E-state index contributed by atoms with van der Waals surface area (Å²) >= 11 is 0. The number of nitrogens with two attached hydrogens (primary N) is 1. The Hall–Kier alpha value is -2.29. The van der Waals surface area contributed by atoms with Gasteiger partial charge in [-0.25, -0.2) is 0 Å². The van der Waals surface area contributed by atoms with Gasteiger partial charge in [0, 0.05) is 13.5 Å². The smallest absolute Gasteiger partial charge is 0.300 e. The molecule has 0 fully saturated rings. The van der Waals surface area contributed by atoms with Crippen LogP contribution in [0.2, 0.25) is 0 Å². The lowest BCUT2D eigenvalue weighted by atomic mass is 10.4. The zero-order valence-electron chi connectivity index (χ0n) is 13.7. The number of nitrogens with one attached hydrogen (secondary N) is 1. The van der Waals surface area contributed by atoms with Crippen molar-refractivity contribution in [3.8, 4) is 11.8 Å². The molecule has 9 nitrogen and oxygen atoms in total. The predicted molar refractivity (Wildman–Crippen MR) is 84.5 cm³/mol. The van der Waals surface area contributed by atoms with E-state index >= 15 is 0 Å². The summed E-state index contributed by atoms with van der Waals surface area (Å²) in [6.45, 7) is 2.85. The summed E-state index contributed by atoms with van der Waals surface area (Å²) < 4.78 is 10.1. The van der Waals surface area contributed by atoms with E-state index in [0.717, 1.165) is 26.4 Å². The second-order valence-corrected chi connectivity index (χ2v) is 4.58. The van der Waals surface area contributed by atoms with Crippen LogP contribution >= 0.6 is 0 Å². The summed E-state index contributed by atoms with van der Waals surface area (Å²) in [6, 6.07) is 0. The standard InChI is InChI=1S/C11H21N5O2.C2H4O2/c1-16(2)7-5-6-13-11-14-9(17-3)8(12)10(15-11)18-4;1-2(3)4/h5-7,12H2,1-4H3,(H,13,14,15);1H3,(H,3,4). The minimum absolute atomic E-state index is 0.304. The maximum atomic E-state index is 9.00. The molecule has 126 valence electrons. The van der Waals surface area contributed by atoms with Crippen LogP contribution in [0.3, 0.4) is 0 Å². The number of methoxy groups -OCH3 is 2. The number of aliphatic carboxylic acids is 1. The van der Waals surface area contributed by atoms with E-state index in [9.17, 15) is 0 Å². The highest BCUT2D eigenvalue weighted by atomic mass is 16.5. The van der Waals surface area contributed by atoms with E-state index in [1.807, 2.05) is 14.1 Å². The van der Waals surface area contributed by atoms with Gasteiger partial charge >= 0.3 is 0 Å². The fourth-order valence-corrected chi connectivity index (χ4v) is 1.42. The summed E-state index contributed by atoms with van der Waals surface area (Å²) in [4.78, 5) is 19.4. The maximum absolute atomic E-state index is 9.00. The molecule has 0 aromatic carbocycles. The molecule has 0 saturated carbocycles. The number of ether oxygens (including phenoxy) is 2. The minimum Gasteiger partial charge on any atom is -0.481 e. The predicted octanol–water partition coefficient (Wildman–Crippen LogP) is 0.531. The number of aromatic nitrogens is 2. The fourth-order valence-electron chi connectivity index (χ4n) is 1.42. The highest BCUT2D eigenvalue weighted by Gasteiger charge is 2.12. The Kier molecular flexibility index (Phi) is 9.35. The molecular weight excluding hydrogens is 290 g/mol. The summed E-state index contributed by atoms with van der Waals surface area (Å²) in [5.74, 6) is 0.255. The third kappa shape index (κ3) is 8.10. The number of carbonyl (C=O) groups is 1. The second kappa shape index (κ2) is 10.4. The summed E-state index contributed by atoms with van der Waals surface area (Å²) in [5, 5.41) is 10.5. The molecule has 1 aromatic heterocycles. The zero-order valence-corrected chi connectivity index (χ0v) is 13.7. The van der Waals surface area contributed by atoms with E-state index < -0.39 is 5.97 Å². The monoisotopic (exact) mass is 315 g/mol. The van der Waals surface area contributed by atoms with Crippen molar-refractivity contribution in [3.05, 3.63) is 0 Å². The molecule has 0 atom stereocenters. The van der Waals surface area contributed by atoms with Crippen LogP contribution in [0, 0.1) is 0 Å². The van der Waals surface area contributed by atoms with E-state index in [4.69, 9.17) is 25.1 Å². The van der Waals surface area contributed by atoms with Gasteiger partial charge in [0.05, 0.1) is 14.2 Å². The van der Waals surface area contributed by atoms with Gasteiger partial charge in [-0.2, -0.15) is 9.97 Å². The molecule has 1 heterocycles. The van der Waals surface area contributed by atoms with Crippen molar-refractivity contribution >= 4 is 17.6 Å². The SMILES string of the molecule is CC(=O)O.COc1nc(NCCCN(C)C)nc(OC)c1N. The molecule has 22 heavy (non-hydrogen) atoms. The number of hydrogen-bond donors (Lipinski definition) is 3. The first kappa shape index (κ1) is 19.7. The van der Waals surface area contributed by atoms with E-state index in [1.54, 1.807) is 0 Å². The molecule has 9 heteroatoms. The van der Waals surface area contributed by atoms with Gasteiger partial charge < -0.3 is 30.5 Å². The Morgan fingerprint density at radius 2 is 1.73 bits per heavy atom. The highest BCUT2D eigenvalue weighted by Crippen LogP contribution is 2.28. The molecule has 1 aromatic rings. The minimum atomic E-state index is -0.833. The Balaban J connectivity index is 0.000000980. The second-order valence-electron chi connectivity index (χ2n) is 4.58. The van der Waals surface area contributed by atoms with Crippen LogP contribution < -0.4 is 20.5 Å². The molecule has 0 spiro atoms. The molecule has 0 saturated heterocycles. The van der Waals surface area contributed by atoms with Crippen LogP contribution in [0.25, 0.3) is 0 Å². The Bertz CT molecular complexity index is 439. The van der Waals surface area contributed by atoms with Crippen LogP contribution in [0.1, 0.15) is 13.3 Å². The summed E-state index contributed by atoms with van der Waals surface area (Å²) in [7, 11) is 7.08. The lowest BCUT2D eigenvalue weighted by Crippen LogP contribution is -2.17. The first-order valence-electron chi connectivity index (χ1n) is 6.65. The van der Waals surface area contributed by atoms with E-state index in [2.05, 4.69) is 20.2 Å². The van der Waals surface area contributed by atoms with Crippen molar-refractivity contribution in [1.82, 2.24) is 14.9 Å². The third-order valence-corrected chi connectivity index (χ3v) is 2.33. The molecule has 0 bridgehead atoms. The quantitative estimate of drug-likeness (QED) is 0.618. The highest BCUT2D eigenvalue weighted by molar-refractivity contribution is 5.63. The summed E-state index contributed by atoms with van der Waals surface area (Å²) in [6.07, 6.45) is 0.991. The number of nitrogens with zero attached hydrogens (tertiary/aromatic N) is 3. The maximum Gasteiger partial charge on any atom is 0.300 e. The van der Waals surface area contributed by atoms with Crippen molar-refractivity contribution in [1.29, 1.82) is 0 Å². The number of nitrogen functional groups attached to an aromatic ring is 1. The average molecular weight is 315 g/mol. The van der Waals surface area contributed by atoms with E-state index in [-0.39, 0.29) is 0 Å². The van der Waals surface area contributed by atoms with Gasteiger partial charge in [0.25, 0.3) is 5.97 Å². The molecule has 1 rings (SSSR count). The number of carboxylic acid groups (broad SMARTS) is 1. The van der Waals surface area contributed by atoms with Crippen LogP contribution in [-0.2, 0) is 4.79 Å². The van der Waals surface area contributed by atoms with Crippen molar-refractivity contribution < 1.29 is 19.4 Å². The van der Waals surface area contributed by atoms with Gasteiger partial charge in [0.2, 0.25) is 17.7 Å². The molecule has 0 aliphatic rings. The van der Waals surface area contributed by atoms with E-state index in [0.29, 0.717) is 23.4 Å². The fraction of sp³-hybridized carbons (Fsp3) is 0.615. The Morgan fingerprint density at radius 1 is 1.27 bits per heavy atom. The van der Waals surface area contributed by atoms with Crippen LogP contribution in [0.15, 0.2) is 0 Å². The molecule has 0 aliphatic carbocycles. The normalized spacial score (nSPS) is 9.73. The van der Waals surface area contributed by atoms with Crippen LogP contribution in [0.5, 0.6) is 11.8 Å². The first-order chi connectivity index (χ1) is 10.3. The van der Waals surface area contributed by atoms with Gasteiger partial charge in [-0.15, -0.1) is 0 Å². The van der Waals surface area contributed by atoms with Crippen molar-refractivity contribution in [2.24, 2.45) is 0 Å². The molecule has 0 radical (unpaired) electrons. The van der Waals surface area contributed by atoms with Crippen LogP contribution in [-0.4, -0.2) is 67.3 Å². The number of anilines is 2. The Labute approximate surface area is 130 Å². The van der Waals surface area contributed by atoms with Gasteiger partial charge in [0.1, 0.15) is 0 Å². The van der Waals surface area contributed by atoms with Crippen molar-refractivity contribution in [2.45, 2.75) is 13.3 Å². The lowest BCUT2D eigenvalue weighted by molar-refractivity contribution is -0.134. The van der Waals surface area contributed by atoms with Gasteiger partial charge in [-0.05, 0) is 27.1 Å².